The van der Waals surface area contributed by atoms with E-state index in [2.05, 4.69) is 44.3 Å². The largest absolute Gasteiger partial charge is 0.298 e. The third-order valence-electron chi connectivity index (χ3n) is 1.77. The predicted molar refractivity (Wildman–Crippen MR) is 58.4 cm³/mol. The summed E-state index contributed by atoms with van der Waals surface area (Å²) in [6, 6.07) is 1.30. The summed E-state index contributed by atoms with van der Waals surface area (Å²) in [6.07, 6.45) is 0. The van der Waals surface area contributed by atoms with Gasteiger partial charge in [0.15, 0.2) is 0 Å². The molecule has 0 radical (unpaired) electrons. The van der Waals surface area contributed by atoms with Gasteiger partial charge in [-0.2, -0.15) is 0 Å². The molecule has 0 aromatic heterocycles. The van der Waals surface area contributed by atoms with Gasteiger partial charge in [-0.3, -0.25) is 4.90 Å². The molecule has 0 atom stereocenters. The van der Waals surface area contributed by atoms with E-state index >= 15 is 0 Å². The lowest BCUT2D eigenvalue weighted by atomic mass is 10.2. The summed E-state index contributed by atoms with van der Waals surface area (Å²) in [5.41, 5.74) is 0. The Morgan fingerprint density at radius 3 is 1.91 bits per heavy atom. The molecule has 0 heterocycles. The Bertz CT molecular complexity index is 86.1. The van der Waals surface area contributed by atoms with E-state index < -0.39 is 0 Å². The second kappa shape index (κ2) is 6.21. The van der Waals surface area contributed by atoms with Crippen molar-refractivity contribution in [3.8, 4) is 0 Å². The van der Waals surface area contributed by atoms with E-state index in [1.165, 1.54) is 0 Å². The normalized spacial score (nSPS) is 12.0. The summed E-state index contributed by atoms with van der Waals surface area (Å²) in [6.45, 7) is 10.1. The maximum atomic E-state index is 4.12. The van der Waals surface area contributed by atoms with Gasteiger partial charge < -0.3 is 0 Å². The van der Waals surface area contributed by atoms with Crippen LogP contribution in [0.15, 0.2) is 0 Å². The van der Waals surface area contributed by atoms with Crippen LogP contribution < -0.4 is 0 Å². The molecule has 0 saturated heterocycles. The molecule has 68 valence electrons. The number of thiol groups is 1. The maximum absolute atomic E-state index is 4.12. The summed E-state index contributed by atoms with van der Waals surface area (Å²) >= 11 is 4.12. The molecule has 0 amide bonds. The first-order chi connectivity index (χ1) is 5.09. The van der Waals surface area contributed by atoms with E-state index in [-0.39, 0.29) is 0 Å². The molecular weight excluding hydrogens is 174 g/mol. The molecule has 11 heavy (non-hydrogen) atoms. The van der Waals surface area contributed by atoms with Crippen molar-refractivity contribution in [2.24, 2.45) is 0 Å². The molecule has 0 saturated carbocycles. The van der Waals surface area contributed by atoms with Crippen LogP contribution in [0, 0.1) is 0 Å². The van der Waals surface area contributed by atoms with Gasteiger partial charge in [0.1, 0.15) is 0 Å². The average Bonchev–Trinajstić information content (AvgIpc) is 1.87. The molecule has 0 fully saturated rings. The zero-order valence-electron chi connectivity index (χ0n) is 7.87. The Kier molecular flexibility index (Phi) is 6.58. The van der Waals surface area contributed by atoms with Crippen LogP contribution >= 0.6 is 22.5 Å². The Morgan fingerprint density at radius 2 is 1.64 bits per heavy atom. The molecule has 0 aliphatic rings. The van der Waals surface area contributed by atoms with Crippen molar-refractivity contribution in [2.45, 2.75) is 39.8 Å². The van der Waals surface area contributed by atoms with Crippen molar-refractivity contribution in [1.82, 2.24) is 4.90 Å². The zero-order valence-corrected chi connectivity index (χ0v) is 9.58. The van der Waals surface area contributed by atoms with Gasteiger partial charge in [-0.1, -0.05) is 10.8 Å². The molecule has 0 unspecified atom stereocenters. The van der Waals surface area contributed by atoms with Crippen LogP contribution in [0.3, 0.4) is 0 Å². The van der Waals surface area contributed by atoms with Crippen LogP contribution in [0.4, 0.5) is 0 Å². The first kappa shape index (κ1) is 11.7. The SMILES string of the molecule is CC(C)N(CCSS)C(C)C. The topological polar surface area (TPSA) is 3.24 Å². The molecule has 0 rings (SSSR count). The van der Waals surface area contributed by atoms with Crippen LogP contribution in [0.5, 0.6) is 0 Å². The summed E-state index contributed by atoms with van der Waals surface area (Å²) in [5, 5.41) is 0. The van der Waals surface area contributed by atoms with Gasteiger partial charge in [0.2, 0.25) is 0 Å². The molecule has 0 aliphatic heterocycles. The Labute approximate surface area is 79.7 Å². The molecule has 0 N–H and O–H groups in total. The van der Waals surface area contributed by atoms with E-state index in [1.807, 2.05) is 0 Å². The monoisotopic (exact) mass is 193 g/mol. The molecule has 3 heteroatoms. The second-order valence-electron chi connectivity index (χ2n) is 3.26. The number of nitrogens with zero attached hydrogens (tertiary/aromatic N) is 1. The fourth-order valence-electron chi connectivity index (χ4n) is 1.26. The van der Waals surface area contributed by atoms with E-state index in [0.717, 1.165) is 12.3 Å². The van der Waals surface area contributed by atoms with E-state index in [9.17, 15) is 0 Å². The van der Waals surface area contributed by atoms with Gasteiger partial charge in [-0.15, -0.1) is 11.7 Å². The van der Waals surface area contributed by atoms with Crippen molar-refractivity contribution in [2.75, 3.05) is 12.3 Å². The van der Waals surface area contributed by atoms with Crippen LogP contribution in [0.25, 0.3) is 0 Å². The Morgan fingerprint density at radius 1 is 1.18 bits per heavy atom. The van der Waals surface area contributed by atoms with Gasteiger partial charge in [0.05, 0.1) is 0 Å². The average molecular weight is 193 g/mol. The van der Waals surface area contributed by atoms with Gasteiger partial charge in [-0.05, 0) is 27.7 Å². The van der Waals surface area contributed by atoms with Crippen molar-refractivity contribution >= 4 is 22.5 Å². The first-order valence-corrected chi connectivity index (χ1v) is 6.15. The van der Waals surface area contributed by atoms with Crippen molar-refractivity contribution < 1.29 is 0 Å². The Balaban J connectivity index is 3.70. The first-order valence-electron chi connectivity index (χ1n) is 4.11. The summed E-state index contributed by atoms with van der Waals surface area (Å²) < 4.78 is 0. The number of hydrogen-bond acceptors (Lipinski definition) is 3. The fourth-order valence-corrected chi connectivity index (χ4v) is 1.80. The lowest BCUT2D eigenvalue weighted by molar-refractivity contribution is 0.187. The molecule has 0 spiro atoms. The van der Waals surface area contributed by atoms with Gasteiger partial charge in [0, 0.05) is 24.4 Å². The third-order valence-corrected chi connectivity index (χ3v) is 2.68. The van der Waals surface area contributed by atoms with Crippen LogP contribution in [-0.2, 0) is 0 Å². The van der Waals surface area contributed by atoms with Gasteiger partial charge in [-0.25, -0.2) is 0 Å². The standard InChI is InChI=1S/C8H19NS2/c1-7(2)9(8(3)4)5-6-11-10/h7-8,10H,5-6H2,1-4H3. The molecule has 0 aromatic rings. The quantitative estimate of drug-likeness (QED) is 0.528. The fraction of sp³-hybridized carbons (Fsp3) is 1.00. The van der Waals surface area contributed by atoms with Gasteiger partial charge in [0.25, 0.3) is 0 Å². The highest BCUT2D eigenvalue weighted by molar-refractivity contribution is 8.68. The van der Waals surface area contributed by atoms with Gasteiger partial charge >= 0.3 is 0 Å². The smallest absolute Gasteiger partial charge is 0.0163 e. The predicted octanol–water partition coefficient (Wildman–Crippen LogP) is 2.68. The van der Waals surface area contributed by atoms with Crippen LogP contribution in [-0.4, -0.2) is 29.3 Å². The summed E-state index contributed by atoms with van der Waals surface area (Å²) in [5.74, 6) is 1.11. The maximum Gasteiger partial charge on any atom is 0.0163 e. The Hall–Kier alpha value is 0.660. The number of hydrogen-bond donors (Lipinski definition) is 1. The molecule has 0 aromatic carbocycles. The van der Waals surface area contributed by atoms with Crippen LogP contribution in [0.1, 0.15) is 27.7 Å². The second-order valence-corrected chi connectivity index (χ2v) is 4.70. The molecular formula is C8H19NS2. The third kappa shape index (κ3) is 4.99. The minimum Gasteiger partial charge on any atom is -0.298 e. The lowest BCUT2D eigenvalue weighted by Gasteiger charge is -2.29. The van der Waals surface area contributed by atoms with E-state index in [0.29, 0.717) is 12.1 Å². The molecule has 0 bridgehead atoms. The summed E-state index contributed by atoms with van der Waals surface area (Å²) in [7, 11) is 1.62. The molecule has 1 nitrogen and oxygen atoms in total. The minimum atomic E-state index is 0.649. The highest BCUT2D eigenvalue weighted by Gasteiger charge is 2.11. The van der Waals surface area contributed by atoms with Crippen molar-refractivity contribution in [1.29, 1.82) is 0 Å². The van der Waals surface area contributed by atoms with Crippen molar-refractivity contribution in [3.63, 3.8) is 0 Å². The highest BCUT2D eigenvalue weighted by atomic mass is 33.1. The zero-order chi connectivity index (χ0) is 8.85. The summed E-state index contributed by atoms with van der Waals surface area (Å²) in [4.78, 5) is 2.48. The van der Waals surface area contributed by atoms with Crippen LogP contribution in [0.2, 0.25) is 0 Å². The highest BCUT2D eigenvalue weighted by Crippen LogP contribution is 2.09. The number of rotatable bonds is 5. The van der Waals surface area contributed by atoms with E-state index in [1.54, 1.807) is 10.8 Å². The lowest BCUT2D eigenvalue weighted by Crippen LogP contribution is -2.38. The molecule has 0 aliphatic carbocycles. The van der Waals surface area contributed by atoms with E-state index in [4.69, 9.17) is 0 Å². The minimum absolute atomic E-state index is 0.649. The van der Waals surface area contributed by atoms with Crippen molar-refractivity contribution in [3.05, 3.63) is 0 Å².